The van der Waals surface area contributed by atoms with Gasteiger partial charge in [-0.15, -0.1) is 0 Å². The van der Waals surface area contributed by atoms with Crippen molar-refractivity contribution in [1.82, 2.24) is 19.9 Å². The van der Waals surface area contributed by atoms with Gasteiger partial charge in [0.2, 0.25) is 0 Å². The Morgan fingerprint density at radius 2 is 2.03 bits per heavy atom. The Kier molecular flexibility index (Phi) is 7.01. The van der Waals surface area contributed by atoms with Crippen LogP contribution in [-0.2, 0) is 4.79 Å². The average Bonchev–Trinajstić information content (AvgIpc) is 3.20. The fraction of sp³-hybridized carbons (Fsp3) is 0.308. The smallest absolute Gasteiger partial charge is 0.267 e. The maximum absolute atomic E-state index is 13.6. The third kappa shape index (κ3) is 5.05. The zero-order valence-corrected chi connectivity index (χ0v) is 19.0. The van der Waals surface area contributed by atoms with Crippen molar-refractivity contribution in [3.63, 3.8) is 0 Å². The molecule has 2 N–H and O–H groups in total. The van der Waals surface area contributed by atoms with Crippen LogP contribution in [-0.4, -0.2) is 45.2 Å². The number of imidazole rings is 1. The topological polar surface area (TPSA) is 70.4 Å². The number of aryl methyl sites for hydroxylation is 1. The fourth-order valence-corrected chi connectivity index (χ4v) is 4.58. The van der Waals surface area contributed by atoms with E-state index in [-0.39, 0.29) is 11.9 Å². The molecule has 1 saturated heterocycles. The number of hydrogen-bond acceptors (Lipinski definition) is 4. The van der Waals surface area contributed by atoms with Crippen LogP contribution in [0.4, 0.5) is 4.39 Å². The van der Waals surface area contributed by atoms with Gasteiger partial charge in [0.15, 0.2) is 0 Å². The van der Waals surface area contributed by atoms with Gasteiger partial charge in [-0.1, -0.05) is 25.1 Å². The van der Waals surface area contributed by atoms with Crippen LogP contribution in [0, 0.1) is 12.7 Å². The molecule has 6 nitrogen and oxygen atoms in total. The lowest BCUT2D eigenvalue weighted by Gasteiger charge is -2.34. The molecule has 33 heavy (non-hydrogen) atoms. The molecule has 7 heteroatoms. The van der Waals surface area contributed by atoms with E-state index in [9.17, 15) is 9.18 Å². The summed E-state index contributed by atoms with van der Waals surface area (Å²) >= 11 is 0. The molecule has 2 heterocycles. The first-order valence-corrected chi connectivity index (χ1v) is 11.3. The van der Waals surface area contributed by atoms with E-state index in [4.69, 9.17) is 10.2 Å². The maximum Gasteiger partial charge on any atom is 0.267 e. The minimum atomic E-state index is -0.585. The van der Waals surface area contributed by atoms with E-state index < -0.39 is 5.91 Å². The molecule has 0 saturated carbocycles. The van der Waals surface area contributed by atoms with Crippen LogP contribution < -0.4 is 5.48 Å². The quantitative estimate of drug-likeness (QED) is 0.322. The summed E-state index contributed by atoms with van der Waals surface area (Å²) in [7, 11) is 0. The van der Waals surface area contributed by atoms with Gasteiger partial charge in [-0.25, -0.2) is 14.9 Å². The van der Waals surface area contributed by atoms with Gasteiger partial charge in [0, 0.05) is 29.8 Å². The summed E-state index contributed by atoms with van der Waals surface area (Å²) in [6, 6.07) is 14.7. The van der Waals surface area contributed by atoms with Crippen LogP contribution in [0.5, 0.6) is 0 Å². The number of halogens is 1. The van der Waals surface area contributed by atoms with Gasteiger partial charge in [0.1, 0.15) is 11.6 Å². The van der Waals surface area contributed by atoms with Crippen LogP contribution in [0.25, 0.3) is 28.7 Å². The number of carbonyl (C=O) groups is 1. The molecule has 1 aliphatic heterocycles. The highest BCUT2D eigenvalue weighted by Crippen LogP contribution is 2.36. The molecule has 0 spiro atoms. The van der Waals surface area contributed by atoms with Crippen LogP contribution in [0.15, 0.2) is 54.6 Å². The number of likely N-dealkylation sites (tertiary alicyclic amines) is 1. The second-order valence-corrected chi connectivity index (χ2v) is 8.37. The molecule has 2 aromatic carbocycles. The first kappa shape index (κ1) is 22.9. The molecule has 0 aliphatic carbocycles. The van der Waals surface area contributed by atoms with Gasteiger partial charge in [0.25, 0.3) is 5.91 Å². The van der Waals surface area contributed by atoms with Crippen molar-refractivity contribution in [3.8, 4) is 22.6 Å². The summed E-state index contributed by atoms with van der Waals surface area (Å²) in [6.07, 6.45) is 5.08. The molecule has 1 fully saturated rings. The number of piperidine rings is 1. The summed E-state index contributed by atoms with van der Waals surface area (Å²) in [5.74, 6) is 0.0127. The van der Waals surface area contributed by atoms with Crippen molar-refractivity contribution in [2.24, 2.45) is 0 Å². The molecule has 4 rings (SSSR count). The van der Waals surface area contributed by atoms with Crippen LogP contribution in [0.1, 0.15) is 37.1 Å². The number of nitrogens with one attached hydrogen (secondary N) is 1. The lowest BCUT2D eigenvalue weighted by molar-refractivity contribution is -0.124. The molecule has 1 amide bonds. The number of hydrogen-bond donors (Lipinski definition) is 2. The van der Waals surface area contributed by atoms with E-state index in [2.05, 4.69) is 16.4 Å². The Hall–Kier alpha value is -3.29. The van der Waals surface area contributed by atoms with E-state index in [1.54, 1.807) is 11.6 Å². The Morgan fingerprint density at radius 3 is 2.76 bits per heavy atom. The lowest BCUT2D eigenvalue weighted by Crippen LogP contribution is -2.36. The number of aromatic nitrogens is 2. The van der Waals surface area contributed by atoms with Crippen molar-refractivity contribution < 1.29 is 14.4 Å². The Bertz CT molecular complexity index is 1150. The van der Waals surface area contributed by atoms with E-state index in [0.717, 1.165) is 66.4 Å². The Balaban J connectivity index is 1.83. The molecular weight excluding hydrogens is 419 g/mol. The zero-order chi connectivity index (χ0) is 23.4. The Morgan fingerprint density at radius 1 is 1.24 bits per heavy atom. The summed E-state index contributed by atoms with van der Waals surface area (Å²) in [4.78, 5) is 18.8. The first-order chi connectivity index (χ1) is 16.0. The van der Waals surface area contributed by atoms with Gasteiger partial charge in [0.05, 0.1) is 11.4 Å². The van der Waals surface area contributed by atoms with Gasteiger partial charge in [-0.2, -0.15) is 0 Å². The van der Waals surface area contributed by atoms with Gasteiger partial charge in [-0.3, -0.25) is 10.0 Å². The van der Waals surface area contributed by atoms with Gasteiger partial charge < -0.3 is 9.47 Å². The lowest BCUT2D eigenvalue weighted by atomic mass is 10.0. The van der Waals surface area contributed by atoms with E-state index >= 15 is 0 Å². The van der Waals surface area contributed by atoms with E-state index in [1.807, 2.05) is 43.3 Å². The minimum absolute atomic E-state index is 0.245. The highest BCUT2D eigenvalue weighted by Gasteiger charge is 2.27. The average molecular weight is 449 g/mol. The normalized spacial score (nSPS) is 16.9. The van der Waals surface area contributed by atoms with Gasteiger partial charge >= 0.3 is 0 Å². The van der Waals surface area contributed by atoms with Crippen molar-refractivity contribution in [2.75, 3.05) is 19.6 Å². The molecule has 0 unspecified atom stereocenters. The van der Waals surface area contributed by atoms with Gasteiger partial charge in [-0.05, 0) is 74.8 Å². The SMILES string of the molecule is CCN1CCC[C@@H](n2c(-c3cccc(C=CC(=O)NO)c3)nc(C)c2-c2ccc(F)cc2)C1. The molecule has 1 aliphatic rings. The summed E-state index contributed by atoms with van der Waals surface area (Å²) in [5.41, 5.74) is 6.21. The van der Waals surface area contributed by atoms with E-state index in [0.29, 0.717) is 0 Å². The van der Waals surface area contributed by atoms with Crippen LogP contribution in [0.3, 0.4) is 0 Å². The van der Waals surface area contributed by atoms with Crippen molar-refractivity contribution >= 4 is 12.0 Å². The summed E-state index contributed by atoms with van der Waals surface area (Å²) in [5, 5.41) is 8.73. The van der Waals surface area contributed by atoms with Crippen molar-refractivity contribution in [3.05, 3.63) is 71.7 Å². The number of amides is 1. The second kappa shape index (κ2) is 10.1. The number of nitrogens with zero attached hydrogens (tertiary/aromatic N) is 3. The molecule has 3 aromatic rings. The fourth-order valence-electron chi connectivity index (χ4n) is 4.58. The maximum atomic E-state index is 13.6. The second-order valence-electron chi connectivity index (χ2n) is 8.37. The predicted octanol–water partition coefficient (Wildman–Crippen LogP) is 4.84. The molecular formula is C26H29FN4O2. The first-order valence-electron chi connectivity index (χ1n) is 11.3. The van der Waals surface area contributed by atoms with Crippen LogP contribution >= 0.6 is 0 Å². The molecule has 1 atom stereocenters. The zero-order valence-electron chi connectivity index (χ0n) is 19.0. The number of likely N-dealkylation sites (N-methyl/N-ethyl adjacent to an activating group) is 1. The van der Waals surface area contributed by atoms with E-state index in [1.165, 1.54) is 18.2 Å². The van der Waals surface area contributed by atoms with Crippen LogP contribution in [0.2, 0.25) is 0 Å². The monoisotopic (exact) mass is 448 g/mol. The standard InChI is InChI=1S/C26H29FN4O2/c1-3-30-15-5-8-23(17-30)31-25(20-10-12-22(27)13-11-20)18(2)28-26(31)21-7-4-6-19(16-21)9-14-24(32)29-33/h4,6-7,9-14,16,23,33H,3,5,8,15,17H2,1-2H3,(H,29,32)/t23-/m1/s1. The predicted molar refractivity (Wildman–Crippen MR) is 127 cm³/mol. The number of benzene rings is 2. The third-order valence-electron chi connectivity index (χ3n) is 6.18. The molecule has 1 aromatic heterocycles. The minimum Gasteiger partial charge on any atom is -0.319 e. The Labute approximate surface area is 193 Å². The third-order valence-corrected chi connectivity index (χ3v) is 6.18. The number of carbonyl (C=O) groups excluding carboxylic acids is 1. The largest absolute Gasteiger partial charge is 0.319 e. The van der Waals surface area contributed by atoms with Crippen molar-refractivity contribution in [2.45, 2.75) is 32.7 Å². The highest BCUT2D eigenvalue weighted by molar-refractivity contribution is 5.91. The summed E-state index contributed by atoms with van der Waals surface area (Å²) in [6.45, 7) is 7.20. The molecule has 0 radical (unpaired) electrons. The summed E-state index contributed by atoms with van der Waals surface area (Å²) < 4.78 is 16.0. The number of rotatable bonds is 6. The number of hydroxylamine groups is 1. The highest BCUT2D eigenvalue weighted by atomic mass is 19.1. The van der Waals surface area contributed by atoms with Crippen molar-refractivity contribution in [1.29, 1.82) is 0 Å². The molecule has 0 bridgehead atoms. The molecule has 172 valence electrons.